The first-order chi connectivity index (χ1) is 12.6. The van der Waals surface area contributed by atoms with Gasteiger partial charge in [-0.05, 0) is 49.6 Å². The zero-order valence-corrected chi connectivity index (χ0v) is 15.1. The lowest BCUT2D eigenvalue weighted by Crippen LogP contribution is -2.33. The molecule has 2 heterocycles. The van der Waals surface area contributed by atoms with Crippen molar-refractivity contribution in [1.29, 1.82) is 0 Å². The van der Waals surface area contributed by atoms with Gasteiger partial charge in [-0.1, -0.05) is 0 Å². The van der Waals surface area contributed by atoms with Crippen LogP contribution < -0.4 is 15.0 Å². The van der Waals surface area contributed by atoms with E-state index in [0.29, 0.717) is 13.1 Å². The molecule has 1 aromatic carbocycles. The summed E-state index contributed by atoms with van der Waals surface area (Å²) < 4.78 is 5.13. The number of hydrogen-bond donors (Lipinski definition) is 2. The van der Waals surface area contributed by atoms with Crippen LogP contribution in [0.3, 0.4) is 0 Å². The molecule has 2 amide bonds. The minimum absolute atomic E-state index is 0.0238. The Morgan fingerprint density at radius 2 is 2.15 bits per heavy atom. The van der Waals surface area contributed by atoms with Gasteiger partial charge in [0.05, 0.1) is 19.2 Å². The van der Waals surface area contributed by atoms with Crippen molar-refractivity contribution in [2.24, 2.45) is 5.92 Å². The van der Waals surface area contributed by atoms with E-state index >= 15 is 0 Å². The number of nitrogens with zero attached hydrogens (tertiary/aromatic N) is 2. The molecule has 7 nitrogen and oxygen atoms in total. The predicted octanol–water partition coefficient (Wildman–Crippen LogP) is 1.83. The van der Waals surface area contributed by atoms with E-state index in [1.807, 2.05) is 37.4 Å². The Bertz CT molecular complexity index is 769. The van der Waals surface area contributed by atoms with Crippen molar-refractivity contribution in [2.75, 3.05) is 25.1 Å². The minimum Gasteiger partial charge on any atom is -0.497 e. The monoisotopic (exact) mass is 356 g/mol. The number of benzene rings is 1. The number of H-pyrrole nitrogens is 1. The van der Waals surface area contributed by atoms with Crippen molar-refractivity contribution < 1.29 is 14.3 Å². The number of hydrogen-bond acceptors (Lipinski definition) is 4. The van der Waals surface area contributed by atoms with Crippen LogP contribution in [0.15, 0.2) is 30.5 Å². The van der Waals surface area contributed by atoms with Gasteiger partial charge in [-0.15, -0.1) is 0 Å². The second kappa shape index (κ2) is 8.03. The van der Waals surface area contributed by atoms with Crippen molar-refractivity contribution in [2.45, 2.75) is 26.2 Å². The van der Waals surface area contributed by atoms with E-state index in [1.54, 1.807) is 12.0 Å². The van der Waals surface area contributed by atoms with Crippen LogP contribution in [0.5, 0.6) is 5.75 Å². The molecule has 138 valence electrons. The summed E-state index contributed by atoms with van der Waals surface area (Å²) in [5, 5.41) is 9.85. The van der Waals surface area contributed by atoms with Crippen molar-refractivity contribution >= 4 is 17.5 Å². The van der Waals surface area contributed by atoms with Crippen LogP contribution in [0.4, 0.5) is 5.69 Å². The lowest BCUT2D eigenvalue weighted by atomic mass is 10.1. The van der Waals surface area contributed by atoms with Gasteiger partial charge in [-0.3, -0.25) is 14.7 Å². The molecule has 0 saturated carbocycles. The van der Waals surface area contributed by atoms with Gasteiger partial charge in [0.1, 0.15) is 5.75 Å². The maximum atomic E-state index is 12.4. The topological polar surface area (TPSA) is 87.3 Å². The van der Waals surface area contributed by atoms with Crippen LogP contribution in [0.2, 0.25) is 0 Å². The highest BCUT2D eigenvalue weighted by Gasteiger charge is 2.34. The number of nitrogens with one attached hydrogen (secondary N) is 2. The Labute approximate surface area is 152 Å². The Balaban J connectivity index is 1.48. The molecule has 1 aliphatic rings. The van der Waals surface area contributed by atoms with Gasteiger partial charge in [-0.2, -0.15) is 5.10 Å². The van der Waals surface area contributed by atoms with E-state index in [1.165, 1.54) is 5.56 Å². The van der Waals surface area contributed by atoms with E-state index in [2.05, 4.69) is 15.5 Å². The van der Waals surface area contributed by atoms with E-state index in [9.17, 15) is 9.59 Å². The third-order valence-electron chi connectivity index (χ3n) is 4.74. The van der Waals surface area contributed by atoms with Crippen molar-refractivity contribution in [3.63, 3.8) is 0 Å². The summed E-state index contributed by atoms with van der Waals surface area (Å²) in [6.07, 6.45) is 3.78. The number of ether oxygens (including phenoxy) is 1. The molecular weight excluding hydrogens is 332 g/mol. The Kier molecular flexibility index (Phi) is 5.55. The first kappa shape index (κ1) is 18.0. The molecule has 1 fully saturated rings. The fourth-order valence-corrected chi connectivity index (χ4v) is 3.16. The molecule has 1 aromatic heterocycles. The number of methoxy groups -OCH3 is 1. The van der Waals surface area contributed by atoms with Gasteiger partial charge in [0.15, 0.2) is 0 Å². The van der Waals surface area contributed by atoms with Crippen LogP contribution >= 0.6 is 0 Å². The second-order valence-electron chi connectivity index (χ2n) is 6.52. The molecule has 0 radical (unpaired) electrons. The number of anilines is 1. The molecular formula is C19H24N4O3. The van der Waals surface area contributed by atoms with Gasteiger partial charge in [0.25, 0.3) is 0 Å². The number of carbonyl (C=O) groups is 2. The molecule has 1 aliphatic heterocycles. The van der Waals surface area contributed by atoms with Crippen LogP contribution in [0, 0.1) is 12.8 Å². The van der Waals surface area contributed by atoms with E-state index in [-0.39, 0.29) is 24.2 Å². The normalized spacial score (nSPS) is 16.8. The highest BCUT2D eigenvalue weighted by Crippen LogP contribution is 2.26. The summed E-state index contributed by atoms with van der Waals surface area (Å²) in [5.41, 5.74) is 3.02. The van der Waals surface area contributed by atoms with Gasteiger partial charge >= 0.3 is 0 Å². The summed E-state index contributed by atoms with van der Waals surface area (Å²) in [5.74, 6) is 0.352. The first-order valence-electron chi connectivity index (χ1n) is 8.79. The Morgan fingerprint density at radius 3 is 2.81 bits per heavy atom. The molecule has 3 rings (SSSR count). The summed E-state index contributed by atoms with van der Waals surface area (Å²) in [6.45, 7) is 2.99. The third-order valence-corrected chi connectivity index (χ3v) is 4.74. The van der Waals surface area contributed by atoms with Crippen molar-refractivity contribution in [3.8, 4) is 5.75 Å². The summed E-state index contributed by atoms with van der Waals surface area (Å²) in [7, 11) is 1.60. The maximum absolute atomic E-state index is 12.4. The van der Waals surface area contributed by atoms with Crippen LogP contribution in [0.25, 0.3) is 0 Å². The zero-order chi connectivity index (χ0) is 18.5. The SMILES string of the molecule is COc1ccc(N2CC(C(=O)NCCCc3cn[nH]c3C)CC2=O)cc1. The predicted molar refractivity (Wildman–Crippen MR) is 98.1 cm³/mol. The number of rotatable bonds is 7. The lowest BCUT2D eigenvalue weighted by molar-refractivity contribution is -0.126. The van der Waals surface area contributed by atoms with Crippen LogP contribution in [-0.2, 0) is 16.0 Å². The molecule has 7 heteroatoms. The Hall–Kier alpha value is -2.83. The number of aromatic amines is 1. The molecule has 26 heavy (non-hydrogen) atoms. The third kappa shape index (κ3) is 4.04. The second-order valence-corrected chi connectivity index (χ2v) is 6.52. The smallest absolute Gasteiger partial charge is 0.227 e. The maximum Gasteiger partial charge on any atom is 0.227 e. The zero-order valence-electron chi connectivity index (χ0n) is 15.1. The minimum atomic E-state index is -0.305. The quantitative estimate of drug-likeness (QED) is 0.741. The molecule has 1 atom stereocenters. The van der Waals surface area contributed by atoms with E-state index < -0.39 is 0 Å². The summed E-state index contributed by atoms with van der Waals surface area (Å²) >= 11 is 0. The number of aryl methyl sites for hydroxylation is 2. The van der Waals surface area contributed by atoms with E-state index in [4.69, 9.17) is 4.74 Å². The van der Waals surface area contributed by atoms with E-state index in [0.717, 1.165) is 30.0 Å². The molecule has 2 N–H and O–H groups in total. The van der Waals surface area contributed by atoms with Gasteiger partial charge < -0.3 is 15.0 Å². The lowest BCUT2D eigenvalue weighted by Gasteiger charge is -2.17. The largest absolute Gasteiger partial charge is 0.497 e. The molecule has 2 aromatic rings. The summed E-state index contributed by atoms with van der Waals surface area (Å²) in [4.78, 5) is 26.3. The highest BCUT2D eigenvalue weighted by molar-refractivity contribution is 6.00. The highest BCUT2D eigenvalue weighted by atomic mass is 16.5. The van der Waals surface area contributed by atoms with Gasteiger partial charge in [0, 0.05) is 30.9 Å². The summed E-state index contributed by atoms with van der Waals surface area (Å²) in [6, 6.07) is 7.30. The molecule has 0 spiro atoms. The Morgan fingerprint density at radius 1 is 1.38 bits per heavy atom. The fourth-order valence-electron chi connectivity index (χ4n) is 3.16. The van der Waals surface area contributed by atoms with Crippen LogP contribution in [-0.4, -0.2) is 42.2 Å². The molecule has 0 bridgehead atoms. The van der Waals surface area contributed by atoms with Gasteiger partial charge in [-0.25, -0.2) is 0 Å². The average Bonchev–Trinajstić information content (AvgIpc) is 3.24. The van der Waals surface area contributed by atoms with Crippen molar-refractivity contribution in [1.82, 2.24) is 15.5 Å². The number of amides is 2. The standard InChI is InChI=1S/C19H24N4O3/c1-13-14(11-21-22-13)4-3-9-20-19(25)15-10-18(24)23(12-15)16-5-7-17(26-2)8-6-16/h5-8,11,15H,3-4,9-10,12H2,1-2H3,(H,20,25)(H,21,22). The molecule has 1 unspecified atom stereocenters. The van der Waals surface area contributed by atoms with Crippen molar-refractivity contribution in [3.05, 3.63) is 41.7 Å². The first-order valence-corrected chi connectivity index (χ1v) is 8.79. The number of aromatic nitrogens is 2. The van der Waals surface area contributed by atoms with Gasteiger partial charge in [0.2, 0.25) is 11.8 Å². The average molecular weight is 356 g/mol. The number of carbonyl (C=O) groups excluding carboxylic acids is 2. The fraction of sp³-hybridized carbons (Fsp3) is 0.421. The molecule has 0 aliphatic carbocycles. The molecule has 1 saturated heterocycles. The van der Waals surface area contributed by atoms with Crippen LogP contribution in [0.1, 0.15) is 24.1 Å².